The van der Waals surface area contributed by atoms with Gasteiger partial charge in [0.15, 0.2) is 0 Å². The first-order valence-electron chi connectivity index (χ1n) is 10.2. The molecule has 31 heavy (non-hydrogen) atoms. The summed E-state index contributed by atoms with van der Waals surface area (Å²) in [5.41, 5.74) is -1.10. The molecule has 1 saturated heterocycles. The fourth-order valence-electron chi connectivity index (χ4n) is 3.04. The lowest BCUT2D eigenvalue weighted by atomic mass is 10.2. The number of carbonyl (C=O) groups is 2. The standard InChI is InChI=1S/C18H29N4O8P/c1-3-28-31(27,29-4-2)12-20-14(23)6-5-10-19-17(25)13-7-8-16(30-13)22-11-9-15(24)21-18(22)26/h9,11,13,16H,3-8,10,12H2,1-2H3,(H,19,25)(H,20,23)(H,21,24,26)/t13-,16?/m0/s1. The van der Waals surface area contributed by atoms with E-state index in [1.807, 2.05) is 0 Å². The molecule has 174 valence electrons. The first-order valence-corrected chi connectivity index (χ1v) is 11.9. The monoisotopic (exact) mass is 460 g/mol. The quantitative estimate of drug-likeness (QED) is 0.300. The fourth-order valence-corrected chi connectivity index (χ4v) is 4.45. The predicted octanol–water partition coefficient (Wildman–Crippen LogP) is 0.450. The number of carbonyl (C=O) groups excluding carboxylic acids is 2. The lowest BCUT2D eigenvalue weighted by Crippen LogP contribution is -2.36. The maximum absolute atomic E-state index is 12.3. The maximum atomic E-state index is 12.3. The molecule has 13 heteroatoms. The molecule has 1 aliphatic heterocycles. The van der Waals surface area contributed by atoms with Crippen molar-refractivity contribution in [2.45, 2.75) is 51.9 Å². The van der Waals surface area contributed by atoms with Gasteiger partial charge in [0.2, 0.25) is 11.8 Å². The summed E-state index contributed by atoms with van der Waals surface area (Å²) in [5, 5.41) is 5.22. The molecule has 0 saturated carbocycles. The number of rotatable bonds is 12. The molecule has 2 rings (SSSR count). The van der Waals surface area contributed by atoms with E-state index in [-0.39, 0.29) is 44.3 Å². The Balaban J connectivity index is 1.69. The van der Waals surface area contributed by atoms with Gasteiger partial charge in [-0.1, -0.05) is 0 Å². The van der Waals surface area contributed by atoms with Crippen LogP contribution in [-0.2, 0) is 27.9 Å². The van der Waals surface area contributed by atoms with Gasteiger partial charge in [-0.15, -0.1) is 0 Å². The van der Waals surface area contributed by atoms with Gasteiger partial charge in [-0.25, -0.2) is 4.79 Å². The molecule has 3 N–H and O–H groups in total. The van der Waals surface area contributed by atoms with E-state index >= 15 is 0 Å². The fraction of sp³-hybridized carbons (Fsp3) is 0.667. The summed E-state index contributed by atoms with van der Waals surface area (Å²) >= 11 is 0. The third-order valence-electron chi connectivity index (χ3n) is 4.45. The van der Waals surface area contributed by atoms with Crippen LogP contribution in [0.25, 0.3) is 0 Å². The molecule has 0 radical (unpaired) electrons. The van der Waals surface area contributed by atoms with Gasteiger partial charge in [0.05, 0.1) is 13.2 Å². The molecule has 0 bridgehead atoms. The number of H-pyrrole nitrogens is 1. The number of hydrogen-bond acceptors (Lipinski definition) is 8. The van der Waals surface area contributed by atoms with Crippen molar-refractivity contribution < 1.29 is 27.9 Å². The smallest absolute Gasteiger partial charge is 0.349 e. The topological polar surface area (TPSA) is 158 Å². The van der Waals surface area contributed by atoms with Gasteiger partial charge in [0, 0.05) is 25.2 Å². The molecule has 0 aliphatic carbocycles. The summed E-state index contributed by atoms with van der Waals surface area (Å²) in [6.07, 6.45) is 1.15. The second kappa shape index (κ2) is 11.9. The molecule has 2 amide bonds. The van der Waals surface area contributed by atoms with Crippen molar-refractivity contribution in [2.75, 3.05) is 26.0 Å². The second-order valence-corrected chi connectivity index (χ2v) is 8.83. The van der Waals surface area contributed by atoms with Crippen molar-refractivity contribution in [3.8, 4) is 0 Å². The minimum atomic E-state index is -3.34. The Hall–Kier alpha value is -2.27. The highest BCUT2D eigenvalue weighted by molar-refractivity contribution is 7.53. The number of nitrogens with zero attached hydrogens (tertiary/aromatic N) is 1. The Morgan fingerprint density at radius 3 is 2.58 bits per heavy atom. The van der Waals surface area contributed by atoms with Crippen LogP contribution >= 0.6 is 7.60 Å². The Morgan fingerprint density at radius 1 is 1.23 bits per heavy atom. The van der Waals surface area contributed by atoms with Gasteiger partial charge in [0.25, 0.3) is 5.56 Å². The number of amides is 2. The third kappa shape index (κ3) is 7.73. The van der Waals surface area contributed by atoms with Gasteiger partial charge < -0.3 is 24.4 Å². The molecule has 1 unspecified atom stereocenters. The van der Waals surface area contributed by atoms with E-state index in [1.165, 1.54) is 16.8 Å². The summed E-state index contributed by atoms with van der Waals surface area (Å²) in [7, 11) is -3.34. The predicted molar refractivity (Wildman–Crippen MR) is 111 cm³/mol. The van der Waals surface area contributed by atoms with Crippen LogP contribution in [0, 0.1) is 0 Å². The summed E-state index contributed by atoms with van der Waals surface area (Å²) in [6, 6.07) is 1.21. The van der Waals surface area contributed by atoms with Gasteiger partial charge in [-0.2, -0.15) is 0 Å². The zero-order valence-electron chi connectivity index (χ0n) is 17.6. The molecule has 1 aliphatic rings. The van der Waals surface area contributed by atoms with Crippen LogP contribution in [-0.4, -0.2) is 53.5 Å². The van der Waals surface area contributed by atoms with Crippen molar-refractivity contribution in [3.05, 3.63) is 33.1 Å². The summed E-state index contributed by atoms with van der Waals surface area (Å²) in [4.78, 5) is 49.3. The minimum absolute atomic E-state index is 0.124. The summed E-state index contributed by atoms with van der Waals surface area (Å²) < 4.78 is 29.3. The third-order valence-corrected chi connectivity index (χ3v) is 6.30. The van der Waals surface area contributed by atoms with E-state index < -0.39 is 31.2 Å². The van der Waals surface area contributed by atoms with Gasteiger partial charge in [-0.3, -0.25) is 28.5 Å². The Morgan fingerprint density at radius 2 is 1.94 bits per heavy atom. The lowest BCUT2D eigenvalue weighted by molar-refractivity contribution is -0.134. The number of nitrogens with one attached hydrogen (secondary N) is 3. The van der Waals surface area contributed by atoms with Crippen molar-refractivity contribution in [1.29, 1.82) is 0 Å². The van der Waals surface area contributed by atoms with Crippen LogP contribution in [0.3, 0.4) is 0 Å². The van der Waals surface area contributed by atoms with Crippen LogP contribution in [0.4, 0.5) is 0 Å². The Labute approximate surface area is 179 Å². The SMILES string of the molecule is CCOP(=O)(CNC(=O)CCCNC(=O)[C@@H]1CCC(n2ccc(=O)[nH]c2=O)O1)OCC. The second-order valence-electron chi connectivity index (χ2n) is 6.77. The molecule has 1 aromatic rings. The van der Waals surface area contributed by atoms with Gasteiger partial charge in [-0.05, 0) is 33.1 Å². The van der Waals surface area contributed by atoms with Crippen molar-refractivity contribution >= 4 is 19.4 Å². The number of aromatic nitrogens is 2. The summed E-state index contributed by atoms with van der Waals surface area (Å²) in [6.45, 7) is 4.04. The maximum Gasteiger partial charge on any atom is 0.349 e. The van der Waals surface area contributed by atoms with Crippen molar-refractivity contribution in [3.63, 3.8) is 0 Å². The molecule has 12 nitrogen and oxygen atoms in total. The summed E-state index contributed by atoms with van der Waals surface area (Å²) in [5.74, 6) is -0.666. The van der Waals surface area contributed by atoms with Crippen molar-refractivity contribution in [1.82, 2.24) is 20.2 Å². The molecule has 1 fully saturated rings. The molecule has 0 spiro atoms. The molecule has 2 heterocycles. The molecular formula is C18H29N4O8P. The van der Waals surface area contributed by atoms with E-state index in [9.17, 15) is 23.7 Å². The molecule has 1 aromatic heterocycles. The number of ether oxygens (including phenoxy) is 1. The number of aromatic amines is 1. The van der Waals surface area contributed by atoms with Crippen molar-refractivity contribution in [2.24, 2.45) is 0 Å². The van der Waals surface area contributed by atoms with Crippen LogP contribution in [0.15, 0.2) is 21.9 Å². The average molecular weight is 460 g/mol. The van der Waals surface area contributed by atoms with E-state index in [0.717, 1.165) is 0 Å². The Kier molecular flexibility index (Phi) is 9.63. The van der Waals surface area contributed by atoms with E-state index in [2.05, 4.69) is 15.6 Å². The van der Waals surface area contributed by atoms with Crippen LogP contribution in [0.2, 0.25) is 0 Å². The van der Waals surface area contributed by atoms with Crippen LogP contribution in [0.5, 0.6) is 0 Å². The molecule has 0 aromatic carbocycles. The lowest BCUT2D eigenvalue weighted by Gasteiger charge is -2.17. The largest absolute Gasteiger partial charge is 0.354 e. The van der Waals surface area contributed by atoms with E-state index in [1.54, 1.807) is 13.8 Å². The van der Waals surface area contributed by atoms with Gasteiger partial charge in [0.1, 0.15) is 18.6 Å². The number of hydrogen-bond donors (Lipinski definition) is 3. The highest BCUT2D eigenvalue weighted by Crippen LogP contribution is 2.46. The molecular weight excluding hydrogens is 431 g/mol. The van der Waals surface area contributed by atoms with Crippen LogP contribution < -0.4 is 21.9 Å². The highest BCUT2D eigenvalue weighted by atomic mass is 31.2. The first-order chi connectivity index (χ1) is 14.8. The zero-order chi connectivity index (χ0) is 22.9. The van der Waals surface area contributed by atoms with E-state index in [0.29, 0.717) is 19.3 Å². The zero-order valence-corrected chi connectivity index (χ0v) is 18.5. The van der Waals surface area contributed by atoms with E-state index in [4.69, 9.17) is 13.8 Å². The van der Waals surface area contributed by atoms with Gasteiger partial charge >= 0.3 is 13.3 Å². The Bertz CT molecular complexity index is 904. The highest BCUT2D eigenvalue weighted by Gasteiger charge is 2.32. The van der Waals surface area contributed by atoms with Crippen LogP contribution in [0.1, 0.15) is 45.8 Å². The minimum Gasteiger partial charge on any atom is -0.354 e. The molecule has 2 atom stereocenters. The average Bonchev–Trinajstić information content (AvgIpc) is 3.20. The first kappa shape index (κ1) is 25.0. The normalized spacial score (nSPS) is 18.6.